The van der Waals surface area contributed by atoms with Crippen LogP contribution in [0, 0.1) is 6.92 Å². The Hall–Kier alpha value is -2.96. The minimum absolute atomic E-state index is 0.0856. The third-order valence-electron chi connectivity index (χ3n) is 5.28. The number of allylic oxidation sites excluding steroid dienone is 1. The summed E-state index contributed by atoms with van der Waals surface area (Å²) in [4.78, 5) is 19.4. The number of halogens is 1. The van der Waals surface area contributed by atoms with Crippen LogP contribution < -0.4 is 9.47 Å². The molecule has 150 valence electrons. The van der Waals surface area contributed by atoms with Gasteiger partial charge in [0.2, 0.25) is 5.78 Å². The van der Waals surface area contributed by atoms with Crippen molar-refractivity contribution < 1.29 is 14.3 Å². The zero-order valence-corrected chi connectivity index (χ0v) is 18.0. The van der Waals surface area contributed by atoms with E-state index in [2.05, 4.69) is 25.8 Å². The second-order valence-electron chi connectivity index (χ2n) is 7.49. The third kappa shape index (κ3) is 3.53. The van der Waals surface area contributed by atoms with Gasteiger partial charge in [0, 0.05) is 30.0 Å². The fraction of sp³-hybridized carbons (Fsp3) is 0.167. The molecule has 1 aromatic heterocycles. The number of rotatable bonds is 3. The topological polar surface area (TPSA) is 51.7 Å². The summed E-state index contributed by atoms with van der Waals surface area (Å²) in [6, 6.07) is 13.7. The number of benzene rings is 2. The SMILES string of the molecule is Cc1cc2c(c3c1C(=O)/C(=C/c1ccc(Br)cc1)O3)CN(Cc1cccnc1)CO2. The molecule has 2 aliphatic rings. The molecule has 3 heterocycles. The van der Waals surface area contributed by atoms with E-state index in [1.165, 1.54) is 0 Å². The van der Waals surface area contributed by atoms with Crippen LogP contribution in [0.1, 0.15) is 32.6 Å². The Balaban J connectivity index is 1.47. The first-order valence-corrected chi connectivity index (χ1v) is 10.5. The van der Waals surface area contributed by atoms with Crippen molar-refractivity contribution in [2.24, 2.45) is 0 Å². The van der Waals surface area contributed by atoms with Gasteiger partial charge in [0.15, 0.2) is 5.76 Å². The Bertz CT molecular complexity index is 1160. The van der Waals surface area contributed by atoms with Gasteiger partial charge in [-0.25, -0.2) is 0 Å². The van der Waals surface area contributed by atoms with Gasteiger partial charge in [-0.2, -0.15) is 0 Å². The maximum absolute atomic E-state index is 13.1. The Morgan fingerprint density at radius 3 is 2.83 bits per heavy atom. The molecule has 0 N–H and O–H groups in total. The lowest BCUT2D eigenvalue weighted by Gasteiger charge is -2.30. The molecule has 6 heteroatoms. The summed E-state index contributed by atoms with van der Waals surface area (Å²) in [5, 5.41) is 0. The molecule has 5 nitrogen and oxygen atoms in total. The van der Waals surface area contributed by atoms with Gasteiger partial charge in [0.25, 0.3) is 0 Å². The molecule has 2 aliphatic heterocycles. The Labute approximate surface area is 183 Å². The Kier molecular flexibility index (Phi) is 4.89. The van der Waals surface area contributed by atoms with Gasteiger partial charge in [-0.3, -0.25) is 14.7 Å². The highest BCUT2D eigenvalue weighted by Crippen LogP contribution is 2.44. The molecule has 3 aromatic rings. The normalized spacial score (nSPS) is 16.7. The van der Waals surface area contributed by atoms with Crippen molar-refractivity contribution in [1.82, 2.24) is 9.88 Å². The number of Topliss-reactive ketones (excluding diaryl/α,β-unsaturated/α-hetero) is 1. The molecule has 5 rings (SSSR count). The Morgan fingerprint density at radius 1 is 1.23 bits per heavy atom. The summed E-state index contributed by atoms with van der Waals surface area (Å²) in [5.41, 5.74) is 4.44. The predicted molar refractivity (Wildman–Crippen MR) is 117 cm³/mol. The van der Waals surface area contributed by atoms with E-state index >= 15 is 0 Å². The van der Waals surface area contributed by atoms with Crippen molar-refractivity contribution in [2.45, 2.75) is 20.0 Å². The first kappa shape index (κ1) is 19.0. The van der Waals surface area contributed by atoms with E-state index in [4.69, 9.17) is 9.47 Å². The highest BCUT2D eigenvalue weighted by molar-refractivity contribution is 9.10. The van der Waals surface area contributed by atoms with Crippen LogP contribution in [0.15, 0.2) is 65.1 Å². The molecule has 0 spiro atoms. The van der Waals surface area contributed by atoms with Crippen LogP contribution in [-0.2, 0) is 13.1 Å². The molecule has 0 radical (unpaired) electrons. The van der Waals surface area contributed by atoms with E-state index in [-0.39, 0.29) is 5.78 Å². The highest BCUT2D eigenvalue weighted by atomic mass is 79.9. The molecule has 30 heavy (non-hydrogen) atoms. The number of carbonyl (C=O) groups is 1. The molecule has 0 saturated heterocycles. The minimum Gasteiger partial charge on any atom is -0.478 e. The van der Waals surface area contributed by atoms with Gasteiger partial charge in [-0.1, -0.05) is 34.1 Å². The summed E-state index contributed by atoms with van der Waals surface area (Å²) in [6.07, 6.45) is 5.41. The molecule has 0 unspecified atom stereocenters. The van der Waals surface area contributed by atoms with Crippen LogP contribution in [0.25, 0.3) is 6.08 Å². The maximum Gasteiger partial charge on any atom is 0.232 e. The number of ketones is 1. The number of aromatic nitrogens is 1. The molecule has 0 fully saturated rings. The van der Waals surface area contributed by atoms with Gasteiger partial charge in [-0.05, 0) is 54.0 Å². The second-order valence-corrected chi connectivity index (χ2v) is 8.40. The van der Waals surface area contributed by atoms with Crippen LogP contribution in [-0.4, -0.2) is 22.4 Å². The monoisotopic (exact) mass is 462 g/mol. The van der Waals surface area contributed by atoms with E-state index in [0.717, 1.165) is 32.5 Å². The van der Waals surface area contributed by atoms with E-state index < -0.39 is 0 Å². The molecular formula is C24H19BrN2O3. The number of pyridine rings is 1. The van der Waals surface area contributed by atoms with Gasteiger partial charge in [0.1, 0.15) is 18.2 Å². The first-order chi connectivity index (χ1) is 14.6. The van der Waals surface area contributed by atoms with E-state index in [1.54, 1.807) is 12.3 Å². The van der Waals surface area contributed by atoms with Crippen molar-refractivity contribution in [3.63, 3.8) is 0 Å². The molecule has 2 aromatic carbocycles. The number of aryl methyl sites for hydroxylation is 1. The van der Waals surface area contributed by atoms with Crippen molar-refractivity contribution in [3.05, 3.63) is 92.9 Å². The maximum atomic E-state index is 13.1. The van der Waals surface area contributed by atoms with Gasteiger partial charge in [-0.15, -0.1) is 0 Å². The van der Waals surface area contributed by atoms with Crippen LogP contribution in [0.5, 0.6) is 11.5 Å². The first-order valence-electron chi connectivity index (χ1n) is 9.69. The highest BCUT2D eigenvalue weighted by Gasteiger charge is 2.35. The van der Waals surface area contributed by atoms with E-state index in [0.29, 0.717) is 36.9 Å². The summed E-state index contributed by atoms with van der Waals surface area (Å²) >= 11 is 3.43. The lowest BCUT2D eigenvalue weighted by atomic mass is 9.98. The fourth-order valence-electron chi connectivity index (χ4n) is 3.84. The molecule has 0 aliphatic carbocycles. The molecule has 0 bridgehead atoms. The number of hydrogen-bond acceptors (Lipinski definition) is 5. The van der Waals surface area contributed by atoms with Crippen LogP contribution in [0.3, 0.4) is 0 Å². The van der Waals surface area contributed by atoms with Crippen LogP contribution >= 0.6 is 15.9 Å². The fourth-order valence-corrected chi connectivity index (χ4v) is 4.10. The number of fused-ring (bicyclic) bond motifs is 3. The third-order valence-corrected chi connectivity index (χ3v) is 5.81. The molecular weight excluding hydrogens is 444 g/mol. The van der Waals surface area contributed by atoms with Gasteiger partial charge >= 0.3 is 0 Å². The molecule has 0 atom stereocenters. The average Bonchev–Trinajstić information content (AvgIpc) is 3.08. The molecule has 0 amide bonds. The summed E-state index contributed by atoms with van der Waals surface area (Å²) in [7, 11) is 0. The van der Waals surface area contributed by atoms with Crippen molar-refractivity contribution in [1.29, 1.82) is 0 Å². The van der Waals surface area contributed by atoms with Crippen LogP contribution in [0.4, 0.5) is 0 Å². The minimum atomic E-state index is -0.0856. The molecule has 0 saturated carbocycles. The standard InChI is InChI=1S/C24H19BrN2O3/c1-15-9-20-19(13-27(14-29-20)12-17-3-2-8-26-11-17)24-22(15)23(28)21(30-24)10-16-4-6-18(25)7-5-16/h2-11H,12-14H2,1H3/b21-10-. The zero-order valence-electron chi connectivity index (χ0n) is 16.4. The predicted octanol–water partition coefficient (Wildman–Crippen LogP) is 5.12. The second kappa shape index (κ2) is 7.70. The summed E-state index contributed by atoms with van der Waals surface area (Å²) in [5.74, 6) is 1.66. The van der Waals surface area contributed by atoms with Crippen LogP contribution in [0.2, 0.25) is 0 Å². The lowest BCUT2D eigenvalue weighted by Crippen LogP contribution is -2.31. The number of nitrogens with zero attached hydrogens (tertiary/aromatic N) is 2. The van der Waals surface area contributed by atoms with E-state index in [1.807, 2.05) is 55.6 Å². The largest absolute Gasteiger partial charge is 0.478 e. The number of carbonyl (C=O) groups excluding carboxylic acids is 1. The van der Waals surface area contributed by atoms with Gasteiger partial charge < -0.3 is 9.47 Å². The lowest BCUT2D eigenvalue weighted by molar-refractivity contribution is 0.0871. The average molecular weight is 463 g/mol. The summed E-state index contributed by atoms with van der Waals surface area (Å²) < 4.78 is 13.1. The quantitative estimate of drug-likeness (QED) is 0.505. The van der Waals surface area contributed by atoms with Crippen molar-refractivity contribution in [2.75, 3.05) is 6.73 Å². The van der Waals surface area contributed by atoms with Crippen molar-refractivity contribution >= 4 is 27.8 Å². The summed E-state index contributed by atoms with van der Waals surface area (Å²) in [6.45, 7) is 3.77. The van der Waals surface area contributed by atoms with Crippen molar-refractivity contribution in [3.8, 4) is 11.5 Å². The Morgan fingerprint density at radius 2 is 2.07 bits per heavy atom. The van der Waals surface area contributed by atoms with Gasteiger partial charge in [0.05, 0.1) is 11.1 Å². The smallest absolute Gasteiger partial charge is 0.232 e. The van der Waals surface area contributed by atoms with E-state index in [9.17, 15) is 4.79 Å². The zero-order chi connectivity index (χ0) is 20.7. The number of hydrogen-bond donors (Lipinski definition) is 0. The number of ether oxygens (including phenoxy) is 2.